The zero-order valence-corrected chi connectivity index (χ0v) is 24.3. The second kappa shape index (κ2) is 10.7. The molecule has 2 aromatic rings. The molecule has 2 aromatic heterocycles. The Bertz CT molecular complexity index is 1280. The molecule has 3 aliphatic rings. The van der Waals surface area contributed by atoms with Crippen LogP contribution in [0.25, 0.3) is 10.9 Å². The Morgan fingerprint density at radius 2 is 2.10 bits per heavy atom. The number of anilines is 1. The number of likely N-dealkylation sites (N-methyl/N-ethyl adjacent to an activating group) is 1. The van der Waals surface area contributed by atoms with Crippen molar-refractivity contribution in [1.29, 1.82) is 0 Å². The molecule has 1 amide bonds. The molecule has 0 spiro atoms. The van der Waals surface area contributed by atoms with Gasteiger partial charge in [0.1, 0.15) is 29.7 Å². The summed E-state index contributed by atoms with van der Waals surface area (Å²) in [5.41, 5.74) is -1.19. The summed E-state index contributed by atoms with van der Waals surface area (Å²) in [5, 5.41) is 10.7. The Kier molecular flexibility index (Phi) is 7.73. The fourth-order valence-corrected chi connectivity index (χ4v) is 6.61. The molecule has 40 heavy (non-hydrogen) atoms. The lowest BCUT2D eigenvalue weighted by atomic mass is 9.95. The monoisotopic (exact) mass is 582 g/mol. The van der Waals surface area contributed by atoms with E-state index in [1.54, 1.807) is 39.6 Å². The first kappa shape index (κ1) is 28.9. The van der Waals surface area contributed by atoms with Crippen molar-refractivity contribution in [3.63, 3.8) is 0 Å². The van der Waals surface area contributed by atoms with Crippen molar-refractivity contribution in [1.82, 2.24) is 24.8 Å². The average molecular weight is 583 g/mol. The maximum Gasteiger partial charge on any atom is 0.410 e. The predicted molar refractivity (Wildman–Crippen MR) is 146 cm³/mol. The summed E-state index contributed by atoms with van der Waals surface area (Å²) in [7, 11) is 1.76. The van der Waals surface area contributed by atoms with Crippen molar-refractivity contribution >= 4 is 34.4 Å². The zero-order valence-electron chi connectivity index (χ0n) is 23.5. The lowest BCUT2D eigenvalue weighted by molar-refractivity contribution is 0.00622. The maximum absolute atomic E-state index is 15.2. The molecule has 10 nitrogen and oxygen atoms in total. The summed E-state index contributed by atoms with van der Waals surface area (Å²) in [4.78, 5) is 31.3. The van der Waals surface area contributed by atoms with E-state index in [0.717, 1.165) is 19.4 Å². The summed E-state index contributed by atoms with van der Waals surface area (Å²) in [5.74, 6) is -0.486. The third-order valence-corrected chi connectivity index (χ3v) is 8.47. The third kappa shape index (κ3) is 5.37. The number of amides is 1. The number of nitrogens with zero attached hydrogens (tertiary/aromatic N) is 6. The van der Waals surface area contributed by atoms with Crippen molar-refractivity contribution in [2.75, 3.05) is 38.2 Å². The van der Waals surface area contributed by atoms with E-state index in [4.69, 9.17) is 21.1 Å². The summed E-state index contributed by atoms with van der Waals surface area (Å²) >= 11 is 6.00. The first-order valence-electron chi connectivity index (χ1n) is 13.7. The van der Waals surface area contributed by atoms with Gasteiger partial charge in [-0.3, -0.25) is 4.90 Å². The van der Waals surface area contributed by atoms with Crippen LogP contribution in [0.1, 0.15) is 53.4 Å². The number of alkyl halides is 1. The highest BCUT2D eigenvalue weighted by atomic mass is 35.5. The molecule has 13 heteroatoms. The van der Waals surface area contributed by atoms with Gasteiger partial charge >= 0.3 is 12.1 Å². The molecule has 5 heterocycles. The van der Waals surface area contributed by atoms with Gasteiger partial charge in [-0.1, -0.05) is 11.6 Å². The molecule has 0 aromatic carbocycles. The average Bonchev–Trinajstić information content (AvgIpc) is 3.55. The van der Waals surface area contributed by atoms with Crippen LogP contribution in [0, 0.1) is 5.82 Å². The van der Waals surface area contributed by atoms with Gasteiger partial charge < -0.3 is 24.4 Å². The molecular formula is C27H37ClF2N6O4. The number of aliphatic hydroxyl groups excluding tert-OH is 1. The van der Waals surface area contributed by atoms with Gasteiger partial charge in [0.25, 0.3) is 0 Å². The number of hydrogen-bond acceptors (Lipinski definition) is 9. The van der Waals surface area contributed by atoms with Crippen LogP contribution in [0.4, 0.5) is 19.4 Å². The molecule has 0 saturated carbocycles. The summed E-state index contributed by atoms with van der Waals surface area (Å²) in [6, 6.07) is -1.07. The highest BCUT2D eigenvalue weighted by Gasteiger charge is 2.49. The lowest BCUT2D eigenvalue weighted by Crippen LogP contribution is -2.52. The highest BCUT2D eigenvalue weighted by Crippen LogP contribution is 2.41. The van der Waals surface area contributed by atoms with Crippen LogP contribution in [0.2, 0.25) is 5.15 Å². The molecule has 0 unspecified atom stereocenters. The summed E-state index contributed by atoms with van der Waals surface area (Å²) in [6.07, 6.45) is 1.70. The topological polar surface area (TPSA) is 104 Å². The Labute approximate surface area is 237 Å². The van der Waals surface area contributed by atoms with Gasteiger partial charge in [0.15, 0.2) is 11.0 Å². The minimum Gasteiger partial charge on any atom is -0.461 e. The first-order chi connectivity index (χ1) is 18.8. The van der Waals surface area contributed by atoms with Gasteiger partial charge in [-0.25, -0.2) is 18.6 Å². The van der Waals surface area contributed by atoms with Crippen molar-refractivity contribution < 1.29 is 28.2 Å². The highest BCUT2D eigenvalue weighted by molar-refractivity contribution is 6.30. The number of carbonyl (C=O) groups excluding carboxylic acids is 1. The van der Waals surface area contributed by atoms with E-state index >= 15 is 4.39 Å². The SMILES string of the molecule is C[C@@H](O)[C@@H]1[C@H](N(C)c2nc(OC[C@@]34CCCN3C[C@H](F)C4)nc3c(F)c(Cl)ncc23)CCN1C(=O)OC(C)(C)C. The van der Waals surface area contributed by atoms with E-state index in [2.05, 4.69) is 19.9 Å². The second-order valence-electron chi connectivity index (χ2n) is 12.2. The Hall–Kier alpha value is -2.57. The van der Waals surface area contributed by atoms with Crippen LogP contribution >= 0.6 is 11.6 Å². The summed E-state index contributed by atoms with van der Waals surface area (Å²) in [6.45, 7) is 8.69. The fraction of sp³-hybridized carbons (Fsp3) is 0.704. The van der Waals surface area contributed by atoms with Crippen LogP contribution in [0.3, 0.4) is 0 Å². The zero-order chi connectivity index (χ0) is 29.0. The third-order valence-electron chi connectivity index (χ3n) is 8.21. The molecule has 3 aliphatic heterocycles. The lowest BCUT2D eigenvalue weighted by Gasteiger charge is -2.36. The van der Waals surface area contributed by atoms with Gasteiger partial charge in [0.05, 0.1) is 29.1 Å². The number of rotatable bonds is 6. The number of carbonyl (C=O) groups is 1. The van der Waals surface area contributed by atoms with Gasteiger partial charge in [0.2, 0.25) is 0 Å². The molecule has 0 bridgehead atoms. The van der Waals surface area contributed by atoms with E-state index < -0.39 is 41.4 Å². The molecule has 220 valence electrons. The van der Waals surface area contributed by atoms with Gasteiger partial charge in [0, 0.05) is 32.8 Å². The van der Waals surface area contributed by atoms with Crippen molar-refractivity contribution in [2.45, 2.75) is 88.9 Å². The Balaban J connectivity index is 1.48. The maximum atomic E-state index is 15.2. The van der Waals surface area contributed by atoms with E-state index in [0.29, 0.717) is 37.1 Å². The van der Waals surface area contributed by atoms with E-state index in [9.17, 15) is 14.3 Å². The largest absolute Gasteiger partial charge is 0.461 e. The van der Waals surface area contributed by atoms with Gasteiger partial charge in [-0.05, 0) is 53.5 Å². The molecule has 5 rings (SSSR count). The summed E-state index contributed by atoms with van der Waals surface area (Å²) < 4.78 is 41.1. The number of ether oxygens (including phenoxy) is 2. The number of fused-ring (bicyclic) bond motifs is 2. The number of pyridine rings is 1. The van der Waals surface area contributed by atoms with Crippen molar-refractivity contribution in [2.24, 2.45) is 0 Å². The molecule has 0 aliphatic carbocycles. The predicted octanol–water partition coefficient (Wildman–Crippen LogP) is 3.97. The molecule has 5 atom stereocenters. The fourth-order valence-electron chi connectivity index (χ4n) is 6.47. The number of aliphatic hydroxyl groups is 1. The number of hydrogen-bond donors (Lipinski definition) is 1. The van der Waals surface area contributed by atoms with Crippen LogP contribution in [0.15, 0.2) is 6.20 Å². The number of aromatic nitrogens is 3. The van der Waals surface area contributed by atoms with Crippen LogP contribution in [-0.4, -0.2) is 105 Å². The Morgan fingerprint density at radius 3 is 2.80 bits per heavy atom. The molecule has 1 N–H and O–H groups in total. The van der Waals surface area contributed by atoms with Gasteiger partial charge in [-0.15, -0.1) is 0 Å². The molecular weight excluding hydrogens is 546 g/mol. The molecule has 3 fully saturated rings. The van der Waals surface area contributed by atoms with Crippen LogP contribution in [0.5, 0.6) is 6.01 Å². The number of likely N-dealkylation sites (tertiary alicyclic amines) is 1. The minimum atomic E-state index is -0.918. The van der Waals surface area contributed by atoms with Crippen LogP contribution < -0.4 is 9.64 Å². The van der Waals surface area contributed by atoms with E-state index in [1.807, 2.05) is 0 Å². The normalized spacial score (nSPS) is 27.7. The van der Waals surface area contributed by atoms with Crippen LogP contribution in [-0.2, 0) is 4.74 Å². The smallest absolute Gasteiger partial charge is 0.410 e. The standard InChI is InChI=1S/C27H37ClF2N6O4/c1-15(37)21-18(7-10-36(21)25(38)40-26(2,3)4)34(5)23-17-12-31-22(28)19(30)20(17)32-24(33-23)39-14-27-8-6-9-35(27)13-16(29)11-27/h12,15-16,18,21,37H,6-11,13-14H2,1-5H3/t15-,16-,18-,21-,27+/m1/s1. The minimum absolute atomic E-state index is 0.0574. The van der Waals surface area contributed by atoms with Gasteiger partial charge in [-0.2, -0.15) is 9.97 Å². The number of halogens is 3. The quantitative estimate of drug-likeness (QED) is 0.507. The van der Waals surface area contributed by atoms with Crippen molar-refractivity contribution in [3.05, 3.63) is 17.2 Å². The second-order valence-corrected chi connectivity index (χ2v) is 12.5. The Morgan fingerprint density at radius 1 is 1.35 bits per heavy atom. The van der Waals surface area contributed by atoms with E-state index in [1.165, 1.54) is 11.1 Å². The molecule has 3 saturated heterocycles. The molecule has 0 radical (unpaired) electrons. The van der Waals surface area contributed by atoms with Crippen molar-refractivity contribution in [3.8, 4) is 6.01 Å². The first-order valence-corrected chi connectivity index (χ1v) is 14.1. The van der Waals surface area contributed by atoms with E-state index in [-0.39, 0.29) is 29.3 Å².